The lowest BCUT2D eigenvalue weighted by atomic mass is 10.0. The molecule has 1 N–H and O–H groups in total. The van der Waals surface area contributed by atoms with Gasteiger partial charge >= 0.3 is 0 Å². The van der Waals surface area contributed by atoms with Crippen LogP contribution < -0.4 is 5.32 Å². The molecular formula is C21H22ClN5O2. The second-order valence-corrected chi connectivity index (χ2v) is 8.70. The van der Waals surface area contributed by atoms with Gasteiger partial charge in [0.15, 0.2) is 0 Å². The molecule has 0 radical (unpaired) electrons. The van der Waals surface area contributed by atoms with E-state index in [1.165, 1.54) is 6.33 Å². The van der Waals surface area contributed by atoms with Gasteiger partial charge < -0.3 is 14.6 Å². The summed E-state index contributed by atoms with van der Waals surface area (Å²) in [5.74, 6) is 1.40. The van der Waals surface area contributed by atoms with E-state index in [0.29, 0.717) is 46.4 Å². The van der Waals surface area contributed by atoms with Gasteiger partial charge in [-0.2, -0.15) is 0 Å². The molecule has 29 heavy (non-hydrogen) atoms. The number of aryl methyl sites for hydroxylation is 1. The monoisotopic (exact) mass is 411 g/mol. The Kier molecular flexibility index (Phi) is 4.24. The number of hydrogen-bond acceptors (Lipinski definition) is 6. The number of amides is 1. The zero-order valence-corrected chi connectivity index (χ0v) is 17.2. The molecule has 2 aliphatic rings. The largest absolute Gasteiger partial charge is 0.442 e. The molecule has 0 bridgehead atoms. The van der Waals surface area contributed by atoms with Gasteiger partial charge in [0.1, 0.15) is 17.9 Å². The van der Waals surface area contributed by atoms with E-state index >= 15 is 0 Å². The van der Waals surface area contributed by atoms with Gasteiger partial charge in [-0.3, -0.25) is 9.78 Å². The SMILES string of the molecule is Cc1oc2ncnc(NC3(C)CC3)c2c1C(=O)N1CCC(c2ccc(Cl)cn2)C1. The Hall–Kier alpha value is -2.67. The zero-order valence-electron chi connectivity index (χ0n) is 16.4. The minimum atomic E-state index is -0.0449. The van der Waals surface area contributed by atoms with Crippen molar-refractivity contribution in [2.75, 3.05) is 18.4 Å². The maximum absolute atomic E-state index is 13.4. The predicted molar refractivity (Wildman–Crippen MR) is 110 cm³/mol. The lowest BCUT2D eigenvalue weighted by Crippen LogP contribution is -2.29. The summed E-state index contributed by atoms with van der Waals surface area (Å²) in [4.78, 5) is 28.4. The van der Waals surface area contributed by atoms with Crippen LogP contribution >= 0.6 is 11.6 Å². The van der Waals surface area contributed by atoms with Gasteiger partial charge in [-0.1, -0.05) is 11.6 Å². The van der Waals surface area contributed by atoms with Crippen molar-refractivity contribution in [3.63, 3.8) is 0 Å². The molecule has 2 fully saturated rings. The fraction of sp³-hybridized carbons (Fsp3) is 0.429. The van der Waals surface area contributed by atoms with E-state index in [4.69, 9.17) is 16.0 Å². The molecule has 1 aliphatic heterocycles. The van der Waals surface area contributed by atoms with Crippen molar-refractivity contribution in [1.82, 2.24) is 19.9 Å². The van der Waals surface area contributed by atoms with Crippen molar-refractivity contribution in [1.29, 1.82) is 0 Å². The maximum atomic E-state index is 13.4. The van der Waals surface area contributed by atoms with Crippen molar-refractivity contribution in [3.8, 4) is 0 Å². The molecular weight excluding hydrogens is 390 g/mol. The van der Waals surface area contributed by atoms with Crippen molar-refractivity contribution < 1.29 is 9.21 Å². The number of hydrogen-bond donors (Lipinski definition) is 1. The number of anilines is 1. The number of nitrogens with zero attached hydrogens (tertiary/aromatic N) is 4. The molecule has 1 saturated carbocycles. The smallest absolute Gasteiger partial charge is 0.258 e. The Morgan fingerprint density at radius 2 is 2.14 bits per heavy atom. The van der Waals surface area contributed by atoms with Crippen LogP contribution in [-0.4, -0.2) is 44.4 Å². The van der Waals surface area contributed by atoms with Crippen LogP contribution in [0.3, 0.4) is 0 Å². The van der Waals surface area contributed by atoms with Crippen molar-refractivity contribution in [3.05, 3.63) is 46.7 Å². The first-order valence-corrected chi connectivity index (χ1v) is 10.2. The Morgan fingerprint density at radius 1 is 1.31 bits per heavy atom. The van der Waals surface area contributed by atoms with Gasteiger partial charge in [-0.15, -0.1) is 0 Å². The van der Waals surface area contributed by atoms with E-state index in [9.17, 15) is 4.79 Å². The summed E-state index contributed by atoms with van der Waals surface area (Å²) in [6, 6.07) is 3.78. The first kappa shape index (κ1) is 18.4. The first-order valence-electron chi connectivity index (χ1n) is 9.86. The number of carbonyl (C=O) groups is 1. The van der Waals surface area contributed by atoms with Gasteiger partial charge in [-0.25, -0.2) is 9.97 Å². The molecule has 1 aliphatic carbocycles. The van der Waals surface area contributed by atoms with E-state index in [0.717, 1.165) is 25.0 Å². The van der Waals surface area contributed by atoms with Crippen LogP contribution in [0.5, 0.6) is 0 Å². The minimum Gasteiger partial charge on any atom is -0.442 e. The maximum Gasteiger partial charge on any atom is 0.258 e. The summed E-state index contributed by atoms with van der Waals surface area (Å²) >= 11 is 5.95. The number of nitrogens with one attached hydrogen (secondary N) is 1. The number of furan rings is 1. The second-order valence-electron chi connectivity index (χ2n) is 8.26. The number of rotatable bonds is 4. The summed E-state index contributed by atoms with van der Waals surface area (Å²) in [6.45, 7) is 5.26. The third-order valence-electron chi connectivity index (χ3n) is 5.94. The topological polar surface area (TPSA) is 84.2 Å². The molecule has 3 aromatic rings. The lowest BCUT2D eigenvalue weighted by Gasteiger charge is -2.17. The van der Waals surface area contributed by atoms with Crippen molar-refractivity contribution in [2.45, 2.75) is 44.6 Å². The van der Waals surface area contributed by atoms with Gasteiger partial charge in [0, 0.05) is 36.4 Å². The summed E-state index contributed by atoms with van der Waals surface area (Å²) in [7, 11) is 0. The molecule has 3 aromatic heterocycles. The Balaban J connectivity index is 1.45. The molecule has 4 heterocycles. The highest BCUT2D eigenvalue weighted by Gasteiger charge is 2.39. The molecule has 1 atom stereocenters. The molecule has 8 heteroatoms. The summed E-state index contributed by atoms with van der Waals surface area (Å²) in [5.41, 5.74) is 2.00. The predicted octanol–water partition coefficient (Wildman–Crippen LogP) is 4.17. The third-order valence-corrected chi connectivity index (χ3v) is 6.17. The zero-order chi connectivity index (χ0) is 20.2. The molecule has 7 nitrogen and oxygen atoms in total. The molecule has 1 amide bonds. The number of carbonyl (C=O) groups excluding carboxylic acids is 1. The number of halogens is 1. The molecule has 5 rings (SSSR count). The molecule has 0 aromatic carbocycles. The number of aromatic nitrogens is 3. The van der Waals surface area contributed by atoms with Crippen LogP contribution in [0.1, 0.15) is 53.9 Å². The molecule has 1 unspecified atom stereocenters. The average Bonchev–Trinajstić information content (AvgIpc) is 3.11. The number of fused-ring (bicyclic) bond motifs is 1. The Labute approximate surface area is 173 Å². The fourth-order valence-corrected chi connectivity index (χ4v) is 4.08. The second kappa shape index (κ2) is 6.69. The quantitative estimate of drug-likeness (QED) is 0.693. The normalized spacial score (nSPS) is 20.2. The van der Waals surface area contributed by atoms with Crippen LogP contribution in [0, 0.1) is 6.92 Å². The molecule has 1 saturated heterocycles. The lowest BCUT2D eigenvalue weighted by molar-refractivity contribution is 0.0790. The summed E-state index contributed by atoms with van der Waals surface area (Å²) in [5, 5.41) is 4.76. The Bertz CT molecular complexity index is 1090. The van der Waals surface area contributed by atoms with Crippen LogP contribution in [0.4, 0.5) is 5.82 Å². The van der Waals surface area contributed by atoms with E-state index in [1.54, 1.807) is 6.20 Å². The first-order chi connectivity index (χ1) is 13.9. The van der Waals surface area contributed by atoms with Gasteiger partial charge in [0.05, 0.1) is 16.0 Å². The third kappa shape index (κ3) is 3.33. The number of pyridine rings is 1. The summed E-state index contributed by atoms with van der Waals surface area (Å²) in [6.07, 6.45) is 6.17. The van der Waals surface area contributed by atoms with E-state index in [-0.39, 0.29) is 17.4 Å². The van der Waals surface area contributed by atoms with Gasteiger partial charge in [-0.05, 0) is 45.2 Å². The Morgan fingerprint density at radius 3 is 2.86 bits per heavy atom. The molecule has 150 valence electrons. The summed E-state index contributed by atoms with van der Waals surface area (Å²) < 4.78 is 5.81. The van der Waals surface area contributed by atoms with Gasteiger partial charge in [0.2, 0.25) is 5.71 Å². The van der Waals surface area contributed by atoms with Crippen LogP contribution in [0.2, 0.25) is 5.02 Å². The van der Waals surface area contributed by atoms with Crippen LogP contribution in [-0.2, 0) is 0 Å². The highest BCUT2D eigenvalue weighted by molar-refractivity contribution is 6.30. The fourth-order valence-electron chi connectivity index (χ4n) is 3.97. The standard InChI is InChI=1S/C21H22ClN5O2/c1-12-16(17-18(26-21(2)6-7-21)24-11-25-19(17)29-12)20(28)27-8-5-13(10-27)15-4-3-14(22)9-23-15/h3-4,9,11,13H,5-8,10H2,1-2H3,(H,24,25,26). The van der Waals surface area contributed by atoms with Crippen LogP contribution in [0.25, 0.3) is 11.1 Å². The van der Waals surface area contributed by atoms with Crippen molar-refractivity contribution in [2.24, 2.45) is 0 Å². The average molecular weight is 412 g/mol. The number of likely N-dealkylation sites (tertiary alicyclic amines) is 1. The highest BCUT2D eigenvalue weighted by Crippen LogP contribution is 2.40. The van der Waals surface area contributed by atoms with Crippen LogP contribution in [0.15, 0.2) is 29.1 Å². The van der Waals surface area contributed by atoms with Gasteiger partial charge in [0.25, 0.3) is 5.91 Å². The van der Waals surface area contributed by atoms with E-state index < -0.39 is 0 Å². The van der Waals surface area contributed by atoms with E-state index in [2.05, 4.69) is 27.2 Å². The van der Waals surface area contributed by atoms with E-state index in [1.807, 2.05) is 24.0 Å². The minimum absolute atomic E-state index is 0.0335. The molecule has 0 spiro atoms. The van der Waals surface area contributed by atoms with Crippen molar-refractivity contribution >= 4 is 34.4 Å². The highest BCUT2D eigenvalue weighted by atomic mass is 35.5.